The molecular formula is C18H20ClFN2O. The van der Waals surface area contributed by atoms with E-state index in [1.807, 2.05) is 31.2 Å². The molecule has 0 aliphatic carbocycles. The second-order valence-corrected chi connectivity index (χ2v) is 5.68. The zero-order chi connectivity index (χ0) is 16.7. The third kappa shape index (κ3) is 5.66. The van der Waals surface area contributed by atoms with Gasteiger partial charge in [0.05, 0.1) is 0 Å². The van der Waals surface area contributed by atoms with Crippen molar-refractivity contribution in [1.82, 2.24) is 4.90 Å². The van der Waals surface area contributed by atoms with Gasteiger partial charge in [0, 0.05) is 30.2 Å². The molecule has 0 saturated heterocycles. The third-order valence-corrected chi connectivity index (χ3v) is 3.93. The fourth-order valence-corrected chi connectivity index (χ4v) is 2.46. The van der Waals surface area contributed by atoms with Crippen molar-refractivity contribution in [3.05, 3.63) is 64.9 Å². The molecule has 23 heavy (non-hydrogen) atoms. The summed E-state index contributed by atoms with van der Waals surface area (Å²) in [5, 5.41) is 3.44. The Labute approximate surface area is 141 Å². The molecule has 122 valence electrons. The van der Waals surface area contributed by atoms with E-state index in [1.165, 1.54) is 12.1 Å². The summed E-state index contributed by atoms with van der Waals surface area (Å²) in [7, 11) is 0. The Balaban J connectivity index is 1.85. The van der Waals surface area contributed by atoms with E-state index in [0.717, 1.165) is 17.1 Å². The van der Waals surface area contributed by atoms with Crippen LogP contribution in [0.15, 0.2) is 48.5 Å². The smallest absolute Gasteiger partial charge is 0.225 e. The second kappa shape index (κ2) is 8.65. The topological polar surface area (TPSA) is 32.3 Å². The van der Waals surface area contributed by atoms with Crippen molar-refractivity contribution < 1.29 is 9.18 Å². The lowest BCUT2D eigenvalue weighted by atomic mass is 10.2. The number of amides is 1. The first-order valence-corrected chi connectivity index (χ1v) is 7.97. The molecule has 0 radical (unpaired) electrons. The maximum absolute atomic E-state index is 13.1. The highest BCUT2D eigenvalue weighted by atomic mass is 35.5. The van der Waals surface area contributed by atoms with Gasteiger partial charge in [0.15, 0.2) is 0 Å². The molecule has 2 rings (SSSR count). The van der Waals surface area contributed by atoms with E-state index in [-0.39, 0.29) is 11.7 Å². The number of carbonyl (C=O) groups is 1. The first-order chi connectivity index (χ1) is 11.1. The number of rotatable bonds is 7. The van der Waals surface area contributed by atoms with Gasteiger partial charge in [-0.2, -0.15) is 0 Å². The molecule has 0 bridgehead atoms. The highest BCUT2D eigenvalue weighted by molar-refractivity contribution is 6.31. The highest BCUT2D eigenvalue weighted by Crippen LogP contribution is 2.17. The third-order valence-electron chi connectivity index (χ3n) is 3.56. The molecule has 5 heteroatoms. The highest BCUT2D eigenvalue weighted by Gasteiger charge is 2.09. The van der Waals surface area contributed by atoms with E-state index in [4.69, 9.17) is 11.6 Å². The molecule has 0 heterocycles. The van der Waals surface area contributed by atoms with Crippen LogP contribution in [0.3, 0.4) is 0 Å². The van der Waals surface area contributed by atoms with Crippen molar-refractivity contribution in [2.45, 2.75) is 19.9 Å². The Hall–Kier alpha value is -1.91. The zero-order valence-corrected chi connectivity index (χ0v) is 13.8. The summed E-state index contributed by atoms with van der Waals surface area (Å²) in [6.45, 7) is 4.17. The summed E-state index contributed by atoms with van der Waals surface area (Å²) in [6, 6.07) is 13.6. The summed E-state index contributed by atoms with van der Waals surface area (Å²) in [4.78, 5) is 14.1. The summed E-state index contributed by atoms with van der Waals surface area (Å²) in [5.74, 6) is -0.495. The van der Waals surface area contributed by atoms with Gasteiger partial charge in [-0.15, -0.1) is 0 Å². The Morgan fingerprint density at radius 1 is 1.22 bits per heavy atom. The molecule has 0 spiro atoms. The Kier molecular flexibility index (Phi) is 6.56. The van der Waals surface area contributed by atoms with E-state index in [0.29, 0.717) is 25.2 Å². The fourth-order valence-electron chi connectivity index (χ4n) is 2.27. The van der Waals surface area contributed by atoms with Crippen LogP contribution in [-0.2, 0) is 11.3 Å². The molecule has 3 nitrogen and oxygen atoms in total. The average Bonchev–Trinajstić information content (AvgIpc) is 2.53. The van der Waals surface area contributed by atoms with E-state index >= 15 is 0 Å². The van der Waals surface area contributed by atoms with E-state index < -0.39 is 0 Å². The largest absolute Gasteiger partial charge is 0.326 e. The van der Waals surface area contributed by atoms with Crippen molar-refractivity contribution >= 4 is 23.2 Å². The number of carbonyl (C=O) groups excluding carboxylic acids is 1. The van der Waals surface area contributed by atoms with Gasteiger partial charge in [-0.3, -0.25) is 9.69 Å². The quantitative estimate of drug-likeness (QED) is 0.817. The van der Waals surface area contributed by atoms with Crippen LogP contribution in [0.5, 0.6) is 0 Å². The van der Waals surface area contributed by atoms with Crippen molar-refractivity contribution in [3.63, 3.8) is 0 Å². The van der Waals surface area contributed by atoms with Gasteiger partial charge < -0.3 is 5.32 Å². The van der Waals surface area contributed by atoms with Gasteiger partial charge in [-0.1, -0.05) is 42.8 Å². The molecule has 0 unspecified atom stereocenters. The predicted molar refractivity (Wildman–Crippen MR) is 92.0 cm³/mol. The molecule has 0 fully saturated rings. The second-order valence-electron chi connectivity index (χ2n) is 5.27. The van der Waals surface area contributed by atoms with Crippen molar-refractivity contribution in [1.29, 1.82) is 0 Å². The number of nitrogens with zero attached hydrogens (tertiary/aromatic N) is 1. The monoisotopic (exact) mass is 334 g/mol. The van der Waals surface area contributed by atoms with Gasteiger partial charge in [-0.05, 0) is 36.4 Å². The zero-order valence-electron chi connectivity index (χ0n) is 13.1. The van der Waals surface area contributed by atoms with Crippen LogP contribution < -0.4 is 5.32 Å². The van der Waals surface area contributed by atoms with Gasteiger partial charge >= 0.3 is 0 Å². The number of hydrogen-bond acceptors (Lipinski definition) is 2. The predicted octanol–water partition coefficient (Wildman–Crippen LogP) is 4.33. The van der Waals surface area contributed by atoms with Gasteiger partial charge in [0.2, 0.25) is 5.91 Å². The Morgan fingerprint density at radius 3 is 2.70 bits per heavy atom. The number of benzene rings is 2. The fraction of sp³-hybridized carbons (Fsp3) is 0.278. The van der Waals surface area contributed by atoms with Crippen LogP contribution >= 0.6 is 11.6 Å². The lowest BCUT2D eigenvalue weighted by Gasteiger charge is -2.20. The van der Waals surface area contributed by atoms with Crippen molar-refractivity contribution in [3.8, 4) is 0 Å². The molecule has 0 aliphatic heterocycles. The Bertz CT molecular complexity index is 663. The molecule has 0 atom stereocenters. The average molecular weight is 335 g/mol. The maximum atomic E-state index is 13.1. The molecule has 2 aromatic rings. The van der Waals surface area contributed by atoms with Crippen molar-refractivity contribution in [2.75, 3.05) is 18.4 Å². The minimum absolute atomic E-state index is 0.131. The molecule has 2 aromatic carbocycles. The summed E-state index contributed by atoms with van der Waals surface area (Å²) >= 11 is 6.17. The van der Waals surface area contributed by atoms with Crippen LogP contribution in [0.1, 0.15) is 18.9 Å². The van der Waals surface area contributed by atoms with Crippen LogP contribution in [-0.4, -0.2) is 23.9 Å². The molecule has 0 saturated carbocycles. The minimum Gasteiger partial charge on any atom is -0.326 e. The normalized spacial score (nSPS) is 10.8. The van der Waals surface area contributed by atoms with E-state index in [2.05, 4.69) is 10.2 Å². The molecular weight excluding hydrogens is 315 g/mol. The lowest BCUT2D eigenvalue weighted by Crippen LogP contribution is -2.27. The molecule has 0 aliphatic rings. The number of nitrogens with one attached hydrogen (secondary N) is 1. The number of halogens is 2. The lowest BCUT2D eigenvalue weighted by molar-refractivity contribution is -0.116. The SMILES string of the molecule is CCN(CCC(=O)Nc1cccc(F)c1)Cc1ccccc1Cl. The first-order valence-electron chi connectivity index (χ1n) is 7.59. The number of anilines is 1. The summed E-state index contributed by atoms with van der Waals surface area (Å²) in [5.41, 5.74) is 1.52. The van der Waals surface area contributed by atoms with E-state index in [9.17, 15) is 9.18 Å². The summed E-state index contributed by atoms with van der Waals surface area (Å²) in [6.07, 6.45) is 0.342. The van der Waals surface area contributed by atoms with Crippen LogP contribution in [0.4, 0.5) is 10.1 Å². The summed E-state index contributed by atoms with van der Waals surface area (Å²) < 4.78 is 13.1. The minimum atomic E-state index is -0.364. The first kappa shape index (κ1) is 17.4. The van der Waals surface area contributed by atoms with Crippen LogP contribution in [0, 0.1) is 5.82 Å². The van der Waals surface area contributed by atoms with Gasteiger partial charge in [0.25, 0.3) is 0 Å². The number of hydrogen-bond donors (Lipinski definition) is 1. The molecule has 1 N–H and O–H groups in total. The van der Waals surface area contributed by atoms with Gasteiger partial charge in [0.1, 0.15) is 5.82 Å². The molecule has 0 aromatic heterocycles. The van der Waals surface area contributed by atoms with Gasteiger partial charge in [-0.25, -0.2) is 4.39 Å². The van der Waals surface area contributed by atoms with Crippen LogP contribution in [0.2, 0.25) is 5.02 Å². The van der Waals surface area contributed by atoms with Crippen LogP contribution in [0.25, 0.3) is 0 Å². The Morgan fingerprint density at radius 2 is 2.00 bits per heavy atom. The van der Waals surface area contributed by atoms with Crippen molar-refractivity contribution in [2.24, 2.45) is 0 Å². The standard InChI is InChI=1S/C18H20ClFN2O/c1-2-22(13-14-6-3-4-9-17(14)19)11-10-18(23)21-16-8-5-7-15(20)12-16/h3-9,12H,2,10-11,13H2,1H3,(H,21,23). The van der Waals surface area contributed by atoms with E-state index in [1.54, 1.807) is 12.1 Å². The maximum Gasteiger partial charge on any atom is 0.225 e. The molecule has 1 amide bonds.